The maximum absolute atomic E-state index is 6.32. The molecule has 1 fully saturated rings. The molecule has 0 amide bonds. The Morgan fingerprint density at radius 2 is 1.95 bits per heavy atom. The minimum Gasteiger partial charge on any atom is -0.326 e. The number of thiophene rings is 1. The Hall–Kier alpha value is -0.390. The summed E-state index contributed by atoms with van der Waals surface area (Å²) in [6, 6.07) is 13.0. The van der Waals surface area contributed by atoms with Gasteiger partial charge in [-0.15, -0.1) is 23.7 Å². The number of hydrogen-bond acceptors (Lipinski definition) is 3. The molecule has 1 aliphatic heterocycles. The van der Waals surface area contributed by atoms with E-state index in [2.05, 4.69) is 62.6 Å². The van der Waals surface area contributed by atoms with Crippen LogP contribution in [0.3, 0.4) is 0 Å². The van der Waals surface area contributed by atoms with Crippen LogP contribution in [0.25, 0.3) is 0 Å². The molecule has 2 nitrogen and oxygen atoms in total. The van der Waals surface area contributed by atoms with Crippen molar-refractivity contribution in [3.05, 3.63) is 56.7 Å². The van der Waals surface area contributed by atoms with E-state index in [-0.39, 0.29) is 18.4 Å². The highest BCUT2D eigenvalue weighted by Gasteiger charge is 2.31. The van der Waals surface area contributed by atoms with Crippen LogP contribution in [-0.2, 0) is 6.54 Å². The smallest absolute Gasteiger partial charge is 0.0340 e. The van der Waals surface area contributed by atoms with E-state index in [0.29, 0.717) is 5.92 Å². The monoisotopic (exact) mass is 372 g/mol. The molecule has 0 unspecified atom stereocenters. The second-order valence-corrected chi connectivity index (χ2v) is 6.92. The van der Waals surface area contributed by atoms with Gasteiger partial charge in [0.05, 0.1) is 0 Å². The first kappa shape index (κ1) is 16.0. The van der Waals surface area contributed by atoms with E-state index in [0.717, 1.165) is 19.6 Å². The van der Waals surface area contributed by atoms with Gasteiger partial charge < -0.3 is 5.73 Å². The van der Waals surface area contributed by atoms with Crippen LogP contribution in [0.1, 0.15) is 16.4 Å². The second-order valence-electron chi connectivity index (χ2n) is 5.07. The van der Waals surface area contributed by atoms with E-state index in [1.165, 1.54) is 14.9 Å². The van der Waals surface area contributed by atoms with Crippen LogP contribution in [0.5, 0.6) is 0 Å². The zero-order valence-electron chi connectivity index (χ0n) is 11.0. The van der Waals surface area contributed by atoms with Crippen LogP contribution in [0, 0.1) is 0 Å². The molecule has 0 saturated carbocycles. The molecule has 3 rings (SSSR count). The van der Waals surface area contributed by atoms with E-state index in [9.17, 15) is 0 Å². The Balaban J connectivity index is 0.00000147. The molecule has 1 saturated heterocycles. The summed E-state index contributed by atoms with van der Waals surface area (Å²) in [5.74, 6) is 0.458. The summed E-state index contributed by atoms with van der Waals surface area (Å²) >= 11 is 5.41. The Labute approximate surface area is 138 Å². The molecule has 2 heterocycles. The van der Waals surface area contributed by atoms with E-state index in [4.69, 9.17) is 5.73 Å². The number of likely N-dealkylation sites (tertiary alicyclic amines) is 1. The minimum absolute atomic E-state index is 0. The second kappa shape index (κ2) is 7.05. The normalized spacial score (nSPS) is 22.7. The molecule has 0 radical (unpaired) electrons. The summed E-state index contributed by atoms with van der Waals surface area (Å²) in [7, 11) is 0. The first-order chi connectivity index (χ1) is 9.24. The Morgan fingerprint density at radius 1 is 1.20 bits per heavy atom. The van der Waals surface area contributed by atoms with Crippen LogP contribution in [-0.4, -0.2) is 24.0 Å². The average Bonchev–Trinajstić information content (AvgIpc) is 2.98. The van der Waals surface area contributed by atoms with Gasteiger partial charge in [0, 0.05) is 40.9 Å². The molecule has 1 aromatic carbocycles. The molecule has 1 aliphatic rings. The molecular weight excluding hydrogens is 356 g/mol. The number of benzene rings is 1. The molecule has 0 spiro atoms. The average molecular weight is 374 g/mol. The van der Waals surface area contributed by atoms with Crippen molar-refractivity contribution >= 4 is 39.7 Å². The first-order valence-electron chi connectivity index (χ1n) is 6.49. The number of nitrogens with two attached hydrogens (primary N) is 1. The summed E-state index contributed by atoms with van der Waals surface area (Å²) < 4.78 is 1.22. The van der Waals surface area contributed by atoms with Gasteiger partial charge in [0.2, 0.25) is 0 Å². The minimum atomic E-state index is 0. The van der Waals surface area contributed by atoms with Gasteiger partial charge >= 0.3 is 0 Å². The lowest BCUT2D eigenvalue weighted by molar-refractivity contribution is 0.326. The van der Waals surface area contributed by atoms with Crippen molar-refractivity contribution < 1.29 is 0 Å². The van der Waals surface area contributed by atoms with Crippen molar-refractivity contribution in [1.82, 2.24) is 4.90 Å². The van der Waals surface area contributed by atoms with Crippen molar-refractivity contribution in [1.29, 1.82) is 0 Å². The van der Waals surface area contributed by atoms with Crippen molar-refractivity contribution in [2.75, 3.05) is 13.1 Å². The van der Waals surface area contributed by atoms with Gasteiger partial charge in [-0.25, -0.2) is 0 Å². The SMILES string of the molecule is Cl.N[C@@H]1CN(Cc2sccc2Br)C[C@H]1c1ccccc1. The first-order valence-corrected chi connectivity index (χ1v) is 8.16. The number of rotatable bonds is 3. The summed E-state index contributed by atoms with van der Waals surface area (Å²) in [6.07, 6.45) is 0. The van der Waals surface area contributed by atoms with Crippen LogP contribution in [0.4, 0.5) is 0 Å². The summed E-state index contributed by atoms with van der Waals surface area (Å²) in [4.78, 5) is 3.85. The third-order valence-corrected chi connectivity index (χ3v) is 5.64. The van der Waals surface area contributed by atoms with E-state index >= 15 is 0 Å². The lowest BCUT2D eigenvalue weighted by atomic mass is 9.95. The van der Waals surface area contributed by atoms with Gasteiger partial charge in [0.1, 0.15) is 0 Å². The van der Waals surface area contributed by atoms with Crippen molar-refractivity contribution in [3.8, 4) is 0 Å². The Bertz CT molecular complexity index is 546. The van der Waals surface area contributed by atoms with Crippen LogP contribution in [0.15, 0.2) is 46.3 Å². The number of hydrogen-bond donors (Lipinski definition) is 1. The maximum Gasteiger partial charge on any atom is 0.0340 e. The molecule has 0 aliphatic carbocycles. The molecule has 5 heteroatoms. The van der Waals surface area contributed by atoms with E-state index < -0.39 is 0 Å². The standard InChI is InChI=1S/C15H17BrN2S.ClH/c16-13-6-7-19-15(13)10-18-8-12(14(17)9-18)11-4-2-1-3-5-11;/h1-7,12,14H,8-10,17H2;1H/t12-,14+;/m0./s1. The number of nitrogens with zero attached hydrogens (tertiary/aromatic N) is 1. The Kier molecular flexibility index (Phi) is 5.64. The fourth-order valence-electron chi connectivity index (χ4n) is 2.74. The molecule has 108 valence electrons. The molecule has 2 atom stereocenters. The van der Waals surface area contributed by atoms with Crippen molar-refractivity contribution in [2.45, 2.75) is 18.5 Å². The summed E-state index contributed by atoms with van der Waals surface area (Å²) in [5.41, 5.74) is 7.68. The zero-order chi connectivity index (χ0) is 13.2. The quantitative estimate of drug-likeness (QED) is 0.885. The zero-order valence-corrected chi connectivity index (χ0v) is 14.3. The third-order valence-electron chi connectivity index (χ3n) is 3.73. The molecular formula is C15H18BrClN2S. The van der Waals surface area contributed by atoms with Gasteiger partial charge in [-0.1, -0.05) is 30.3 Å². The highest BCUT2D eigenvalue weighted by molar-refractivity contribution is 9.10. The Morgan fingerprint density at radius 3 is 2.60 bits per heavy atom. The lowest BCUT2D eigenvalue weighted by Gasteiger charge is -2.15. The summed E-state index contributed by atoms with van der Waals surface area (Å²) in [6.45, 7) is 3.02. The molecule has 2 N–H and O–H groups in total. The van der Waals surface area contributed by atoms with E-state index in [1.807, 2.05) is 0 Å². The predicted molar refractivity (Wildman–Crippen MR) is 91.7 cm³/mol. The fraction of sp³-hybridized carbons (Fsp3) is 0.333. The topological polar surface area (TPSA) is 29.3 Å². The molecule has 1 aromatic heterocycles. The highest BCUT2D eigenvalue weighted by Crippen LogP contribution is 2.30. The van der Waals surface area contributed by atoms with Crippen molar-refractivity contribution in [3.63, 3.8) is 0 Å². The van der Waals surface area contributed by atoms with Gasteiger partial charge in [0.25, 0.3) is 0 Å². The van der Waals surface area contributed by atoms with Gasteiger partial charge in [-0.05, 0) is 32.9 Å². The van der Waals surface area contributed by atoms with Crippen LogP contribution < -0.4 is 5.73 Å². The maximum atomic E-state index is 6.32. The predicted octanol–water partition coefficient (Wildman–Crippen LogP) is 3.86. The van der Waals surface area contributed by atoms with Gasteiger partial charge in [0.15, 0.2) is 0 Å². The molecule has 0 bridgehead atoms. The lowest BCUT2D eigenvalue weighted by Crippen LogP contribution is -2.28. The van der Waals surface area contributed by atoms with E-state index in [1.54, 1.807) is 11.3 Å². The van der Waals surface area contributed by atoms with Crippen LogP contribution >= 0.6 is 39.7 Å². The fourth-order valence-corrected chi connectivity index (χ4v) is 4.26. The van der Waals surface area contributed by atoms with Crippen LogP contribution in [0.2, 0.25) is 0 Å². The van der Waals surface area contributed by atoms with Gasteiger partial charge in [-0.3, -0.25) is 4.90 Å². The largest absolute Gasteiger partial charge is 0.326 e. The van der Waals surface area contributed by atoms with Crippen molar-refractivity contribution in [2.24, 2.45) is 5.73 Å². The summed E-state index contributed by atoms with van der Waals surface area (Å²) in [5, 5.41) is 2.13. The van der Waals surface area contributed by atoms with Gasteiger partial charge in [-0.2, -0.15) is 0 Å². The number of halogens is 2. The molecule has 2 aromatic rings. The highest BCUT2D eigenvalue weighted by atomic mass is 79.9. The third kappa shape index (κ3) is 3.43. The molecule has 20 heavy (non-hydrogen) atoms.